The van der Waals surface area contributed by atoms with E-state index >= 15 is 0 Å². The molecule has 486 valence electrons. The molecule has 14 nitrogen and oxygen atoms in total. The summed E-state index contributed by atoms with van der Waals surface area (Å²) in [6.45, 7) is 17.5. The van der Waals surface area contributed by atoms with Gasteiger partial charge in [0.2, 0.25) is 0 Å². The second kappa shape index (κ2) is 29.5. The van der Waals surface area contributed by atoms with Gasteiger partial charge in [-0.1, -0.05) is 94.2 Å². The molecule has 89 heavy (non-hydrogen) atoms. The SMILES string of the molecule is CCCCCc1cc(OC(=O)CCN(C)C)c2c(c1)OC(C)(C)[C@@H]1CCC(CCC3(C)Oc4cc(CCCCC)cc(OC(=O)CCC(=O)O)c4[C@@H]4C=C(CCC5(C)Oc6cc(CCCCC)cc(OC(=O)[C@H](O)CO)c6[C@@H]6C=C(C)CC[C@H]65)CC[C@H]43)=C[C@@H]21. The molecular weight excluding hydrogens is 1120 g/mol. The lowest BCUT2D eigenvalue weighted by molar-refractivity contribution is -0.145. The van der Waals surface area contributed by atoms with Crippen molar-refractivity contribution in [3.8, 4) is 34.5 Å². The van der Waals surface area contributed by atoms with Crippen LogP contribution in [0.4, 0.5) is 0 Å². The smallest absolute Gasteiger partial charge is 0.342 e. The summed E-state index contributed by atoms with van der Waals surface area (Å²) in [4.78, 5) is 54.3. The number of esters is 3. The van der Waals surface area contributed by atoms with Gasteiger partial charge in [-0.3, -0.25) is 14.4 Å². The zero-order valence-electron chi connectivity index (χ0n) is 55.2. The van der Waals surface area contributed by atoms with E-state index in [-0.39, 0.29) is 60.7 Å². The Morgan fingerprint density at radius 1 is 0.562 bits per heavy atom. The number of hydrogen-bond acceptors (Lipinski definition) is 13. The summed E-state index contributed by atoms with van der Waals surface area (Å²) in [6.07, 6.45) is 25.3. The highest BCUT2D eigenvalue weighted by Gasteiger charge is 2.52. The quantitative estimate of drug-likeness (QED) is 0.0258. The van der Waals surface area contributed by atoms with Gasteiger partial charge in [0.25, 0.3) is 0 Å². The zero-order valence-corrected chi connectivity index (χ0v) is 55.2. The number of aliphatic hydroxyl groups is 2. The minimum atomic E-state index is -1.66. The maximum atomic E-state index is 13.7. The zero-order chi connectivity index (χ0) is 63.8. The number of carbonyl (C=O) groups excluding carboxylic acids is 3. The third kappa shape index (κ3) is 16.0. The van der Waals surface area contributed by atoms with Gasteiger partial charge in [-0.2, -0.15) is 0 Å². The molecule has 0 saturated heterocycles. The highest BCUT2D eigenvalue weighted by molar-refractivity contribution is 5.79. The Labute approximate surface area is 530 Å². The molecule has 3 N–H and O–H groups in total. The fourth-order valence-corrected chi connectivity index (χ4v) is 15.5. The van der Waals surface area contributed by atoms with Crippen LogP contribution in [0.1, 0.15) is 248 Å². The van der Waals surface area contributed by atoms with Crippen molar-refractivity contribution in [3.63, 3.8) is 0 Å². The Bertz CT molecular complexity index is 3130. The number of carboxylic acids is 1. The molecule has 0 spiro atoms. The van der Waals surface area contributed by atoms with Crippen LogP contribution in [-0.4, -0.2) is 94.3 Å². The first-order valence-corrected chi connectivity index (χ1v) is 34.0. The summed E-state index contributed by atoms with van der Waals surface area (Å²) in [7, 11) is 3.93. The van der Waals surface area contributed by atoms with Crippen molar-refractivity contribution < 1.29 is 62.9 Å². The summed E-state index contributed by atoms with van der Waals surface area (Å²) in [5, 5.41) is 29.7. The van der Waals surface area contributed by atoms with Crippen LogP contribution in [0.3, 0.4) is 0 Å². The molecule has 0 saturated carbocycles. The molecule has 0 aromatic heterocycles. The molecule has 3 aromatic carbocycles. The molecule has 3 aliphatic heterocycles. The number of aliphatic hydroxyl groups excluding tert-OH is 2. The van der Waals surface area contributed by atoms with E-state index in [0.717, 1.165) is 174 Å². The highest BCUT2D eigenvalue weighted by Crippen LogP contribution is 2.60. The van der Waals surface area contributed by atoms with Gasteiger partial charge in [-0.05, 0) is 205 Å². The van der Waals surface area contributed by atoms with Crippen molar-refractivity contribution >= 4 is 23.9 Å². The molecule has 0 amide bonds. The number of hydrogen-bond donors (Lipinski definition) is 3. The first-order chi connectivity index (χ1) is 42.5. The number of aliphatic carboxylic acids is 1. The maximum absolute atomic E-state index is 13.7. The van der Waals surface area contributed by atoms with E-state index in [1.807, 2.05) is 31.1 Å². The summed E-state index contributed by atoms with van der Waals surface area (Å²) in [5.74, 6) is 0.716. The molecule has 9 rings (SSSR count). The van der Waals surface area contributed by atoms with E-state index in [2.05, 4.69) is 97.9 Å². The summed E-state index contributed by atoms with van der Waals surface area (Å²) in [6, 6.07) is 12.5. The van der Waals surface area contributed by atoms with E-state index in [1.165, 1.54) is 16.7 Å². The average molecular weight is 1230 g/mol. The Kier molecular flexibility index (Phi) is 22.4. The fourth-order valence-electron chi connectivity index (χ4n) is 15.5. The Hall–Kier alpha value is -5.96. The van der Waals surface area contributed by atoms with Crippen LogP contribution < -0.4 is 28.4 Å². The molecule has 0 fully saturated rings. The van der Waals surface area contributed by atoms with Crippen LogP contribution in [-0.2, 0) is 38.4 Å². The Morgan fingerprint density at radius 3 is 1.45 bits per heavy atom. The number of carboxylic acid groups (broad SMARTS) is 1. The van der Waals surface area contributed by atoms with E-state index in [0.29, 0.717) is 41.7 Å². The molecule has 3 aliphatic carbocycles. The van der Waals surface area contributed by atoms with Crippen molar-refractivity contribution in [1.82, 2.24) is 4.90 Å². The maximum Gasteiger partial charge on any atom is 0.342 e. The highest BCUT2D eigenvalue weighted by atomic mass is 16.6. The largest absolute Gasteiger partial charge is 0.487 e. The molecule has 3 aromatic rings. The van der Waals surface area contributed by atoms with Crippen molar-refractivity contribution in [2.75, 3.05) is 27.2 Å². The first-order valence-electron chi connectivity index (χ1n) is 34.0. The number of rotatable bonds is 29. The Morgan fingerprint density at radius 2 is 0.989 bits per heavy atom. The van der Waals surface area contributed by atoms with Crippen LogP contribution in [0.15, 0.2) is 71.3 Å². The van der Waals surface area contributed by atoms with Crippen molar-refractivity contribution in [2.24, 2.45) is 17.8 Å². The van der Waals surface area contributed by atoms with Gasteiger partial charge in [0, 0.05) is 58.7 Å². The number of allylic oxidation sites excluding steroid dienone is 6. The van der Waals surface area contributed by atoms with Crippen molar-refractivity contribution in [2.45, 2.75) is 257 Å². The minimum absolute atomic E-state index is 0.000922. The lowest BCUT2D eigenvalue weighted by atomic mass is 9.63. The molecule has 9 atom stereocenters. The molecule has 6 aliphatic rings. The van der Waals surface area contributed by atoms with Gasteiger partial charge in [-0.25, -0.2) is 4.79 Å². The lowest BCUT2D eigenvalue weighted by Gasteiger charge is -2.50. The first kappa shape index (κ1) is 67.4. The number of aryl methyl sites for hydroxylation is 3. The van der Waals surface area contributed by atoms with Crippen LogP contribution in [0, 0.1) is 17.8 Å². The Balaban J connectivity index is 1.06. The fraction of sp³-hybridized carbons (Fsp3) is 0.627. The van der Waals surface area contributed by atoms with Gasteiger partial charge in [0.1, 0.15) is 51.3 Å². The molecule has 3 heterocycles. The van der Waals surface area contributed by atoms with Crippen LogP contribution in [0.25, 0.3) is 0 Å². The number of carbonyl (C=O) groups is 4. The predicted octanol–water partition coefficient (Wildman–Crippen LogP) is 15.5. The van der Waals surface area contributed by atoms with E-state index in [9.17, 15) is 34.5 Å². The molecule has 2 unspecified atom stereocenters. The normalized spacial score (nSPS) is 24.9. The molecule has 0 radical (unpaired) electrons. The second-order valence-electron chi connectivity index (χ2n) is 28.1. The van der Waals surface area contributed by atoms with Crippen LogP contribution in [0.2, 0.25) is 0 Å². The lowest BCUT2D eigenvalue weighted by Crippen LogP contribution is -2.49. The van der Waals surface area contributed by atoms with Gasteiger partial charge in [0.05, 0.1) is 25.9 Å². The number of ether oxygens (including phenoxy) is 6. The minimum Gasteiger partial charge on any atom is -0.487 e. The number of fused-ring (bicyclic) bond motifs is 9. The van der Waals surface area contributed by atoms with Gasteiger partial charge in [0.15, 0.2) is 6.10 Å². The van der Waals surface area contributed by atoms with Crippen LogP contribution >= 0.6 is 0 Å². The number of nitrogens with zero attached hydrogens (tertiary/aromatic N) is 1. The van der Waals surface area contributed by atoms with E-state index in [1.54, 1.807) is 0 Å². The van der Waals surface area contributed by atoms with Gasteiger partial charge >= 0.3 is 23.9 Å². The monoisotopic (exact) mass is 1230 g/mol. The van der Waals surface area contributed by atoms with Gasteiger partial charge in [-0.15, -0.1) is 0 Å². The summed E-state index contributed by atoms with van der Waals surface area (Å²) >= 11 is 0. The number of benzene rings is 3. The van der Waals surface area contributed by atoms with Crippen molar-refractivity contribution in [1.29, 1.82) is 0 Å². The molecule has 14 heteroatoms. The second-order valence-corrected chi connectivity index (χ2v) is 28.1. The number of unbranched alkanes of at least 4 members (excludes halogenated alkanes) is 6. The summed E-state index contributed by atoms with van der Waals surface area (Å²) in [5.41, 5.74) is 7.91. The summed E-state index contributed by atoms with van der Waals surface area (Å²) < 4.78 is 40.5. The van der Waals surface area contributed by atoms with Gasteiger partial charge < -0.3 is 48.6 Å². The molecular formula is C75H103NO13. The molecule has 0 bridgehead atoms. The predicted molar refractivity (Wildman–Crippen MR) is 347 cm³/mol. The van der Waals surface area contributed by atoms with E-state index in [4.69, 9.17) is 28.4 Å². The van der Waals surface area contributed by atoms with Crippen molar-refractivity contribution in [3.05, 3.63) is 105 Å². The third-order valence-corrected chi connectivity index (χ3v) is 20.5. The average Bonchev–Trinajstić information content (AvgIpc) is 0.826. The third-order valence-electron chi connectivity index (χ3n) is 20.5. The topological polar surface area (TPSA) is 188 Å². The van der Waals surface area contributed by atoms with Crippen LogP contribution in [0.5, 0.6) is 34.5 Å². The standard InChI is InChI=1S/C75H103NO13/c1-11-14-17-20-50-40-60(85-68(82)33-36-76(9)10)70-54-38-48(24-27-56(54)73(5,6)87-63(70)43-50)31-35-75(8)58-28-25-49(39-55(58)71-61(84-67(81)30-29-66(79)80)41-51(21-18-15-12-2)44-65(71)89-75)32-34-74(7)57-26-23-47(4)37-53(57)69-62(86-72(83)59(78)46-77)42-52(22-19-16-13-3)45-64(69)88-74/h37-45,53-59,77-78H,11-36,46H2,1-10H3,(H,79,80)/t53-,54-,55-,56-,57-,58-,59-,74?,75?/m1/s1. The van der Waals surface area contributed by atoms with E-state index < -0.39 is 47.4 Å².